The molecule has 0 aromatic heterocycles. The van der Waals surface area contributed by atoms with Crippen LogP contribution >= 0.6 is 31.9 Å². The van der Waals surface area contributed by atoms with Crippen molar-refractivity contribution < 1.29 is 0 Å². The van der Waals surface area contributed by atoms with Crippen molar-refractivity contribution in [1.82, 2.24) is 0 Å². The van der Waals surface area contributed by atoms with Crippen molar-refractivity contribution in [3.8, 4) is 0 Å². The Morgan fingerprint density at radius 3 is 2.35 bits per heavy atom. The quantitative estimate of drug-likeness (QED) is 0.685. The van der Waals surface area contributed by atoms with E-state index in [0.717, 1.165) is 4.47 Å². The van der Waals surface area contributed by atoms with Crippen molar-refractivity contribution in [3.63, 3.8) is 0 Å². The Kier molecular flexibility index (Phi) is 4.18. The molecular weight excluding hydrogens is 378 g/mol. The number of aryl methyl sites for hydroxylation is 1. The molecule has 104 valence electrons. The van der Waals surface area contributed by atoms with Crippen molar-refractivity contribution in [2.45, 2.75) is 31.7 Å². The van der Waals surface area contributed by atoms with Crippen molar-refractivity contribution >= 4 is 37.5 Å². The molecule has 0 heterocycles. The topological polar surface area (TPSA) is 12.0 Å². The first kappa shape index (κ1) is 14.2. The molecule has 0 aliphatic heterocycles. The molecule has 0 unspecified atom stereocenters. The number of rotatable bonds is 3. The second kappa shape index (κ2) is 5.90. The number of hydrogen-bond donors (Lipinski definition) is 1. The third-order valence-corrected chi connectivity index (χ3v) is 5.43. The predicted octanol–water partition coefficient (Wildman–Crippen LogP) is 5.88. The number of anilines is 1. The summed E-state index contributed by atoms with van der Waals surface area (Å²) in [7, 11) is 0. The first-order chi connectivity index (χ1) is 9.61. The molecular formula is C17H17Br2N. The summed E-state index contributed by atoms with van der Waals surface area (Å²) >= 11 is 7.03. The van der Waals surface area contributed by atoms with Crippen LogP contribution < -0.4 is 5.32 Å². The SMILES string of the molecule is Cc1cc(NC2CC(c3ccc(Br)cc3)C2)ccc1Br. The van der Waals surface area contributed by atoms with Gasteiger partial charge in [0, 0.05) is 20.7 Å². The van der Waals surface area contributed by atoms with Gasteiger partial charge in [-0.2, -0.15) is 0 Å². The first-order valence-electron chi connectivity index (χ1n) is 6.90. The average Bonchev–Trinajstić information content (AvgIpc) is 2.39. The van der Waals surface area contributed by atoms with Crippen LogP contribution in [0, 0.1) is 6.92 Å². The van der Waals surface area contributed by atoms with Gasteiger partial charge in [-0.05, 0) is 67.1 Å². The molecule has 1 saturated carbocycles. The van der Waals surface area contributed by atoms with Gasteiger partial charge in [0.1, 0.15) is 0 Å². The molecule has 20 heavy (non-hydrogen) atoms. The molecule has 0 radical (unpaired) electrons. The minimum absolute atomic E-state index is 0.601. The van der Waals surface area contributed by atoms with Crippen LogP contribution in [0.15, 0.2) is 51.4 Å². The minimum Gasteiger partial charge on any atom is -0.382 e. The summed E-state index contributed by atoms with van der Waals surface area (Å²) in [6.07, 6.45) is 2.44. The van der Waals surface area contributed by atoms with E-state index in [2.05, 4.69) is 86.6 Å². The van der Waals surface area contributed by atoms with Gasteiger partial charge in [-0.3, -0.25) is 0 Å². The number of hydrogen-bond acceptors (Lipinski definition) is 1. The van der Waals surface area contributed by atoms with Gasteiger partial charge in [-0.15, -0.1) is 0 Å². The van der Waals surface area contributed by atoms with Crippen molar-refractivity contribution in [2.75, 3.05) is 5.32 Å². The van der Waals surface area contributed by atoms with Crippen LogP contribution in [0.4, 0.5) is 5.69 Å². The van der Waals surface area contributed by atoms with Crippen LogP contribution in [-0.4, -0.2) is 6.04 Å². The fourth-order valence-electron chi connectivity index (χ4n) is 2.71. The Labute approximate surface area is 137 Å². The minimum atomic E-state index is 0.601. The molecule has 1 fully saturated rings. The molecule has 1 N–H and O–H groups in total. The van der Waals surface area contributed by atoms with Gasteiger partial charge in [0.15, 0.2) is 0 Å². The summed E-state index contributed by atoms with van der Waals surface area (Å²) in [5.74, 6) is 0.706. The van der Waals surface area contributed by atoms with E-state index in [1.807, 2.05) is 0 Å². The van der Waals surface area contributed by atoms with E-state index in [1.54, 1.807) is 0 Å². The average molecular weight is 395 g/mol. The Morgan fingerprint density at radius 2 is 1.70 bits per heavy atom. The largest absolute Gasteiger partial charge is 0.382 e. The molecule has 2 aromatic carbocycles. The summed E-state index contributed by atoms with van der Waals surface area (Å²) in [6.45, 7) is 2.13. The van der Waals surface area contributed by atoms with E-state index in [9.17, 15) is 0 Å². The Morgan fingerprint density at radius 1 is 1.00 bits per heavy atom. The lowest BCUT2D eigenvalue weighted by atomic mass is 9.76. The van der Waals surface area contributed by atoms with Gasteiger partial charge >= 0.3 is 0 Å². The number of benzene rings is 2. The predicted molar refractivity (Wildman–Crippen MR) is 92.4 cm³/mol. The zero-order valence-electron chi connectivity index (χ0n) is 11.4. The van der Waals surface area contributed by atoms with E-state index in [4.69, 9.17) is 0 Å². The van der Waals surface area contributed by atoms with Gasteiger partial charge in [-0.25, -0.2) is 0 Å². The summed E-state index contributed by atoms with van der Waals surface area (Å²) in [6, 6.07) is 15.8. The number of nitrogens with one attached hydrogen (secondary N) is 1. The fourth-order valence-corrected chi connectivity index (χ4v) is 3.22. The highest BCUT2D eigenvalue weighted by Gasteiger charge is 2.30. The molecule has 2 aromatic rings. The van der Waals surface area contributed by atoms with Gasteiger partial charge < -0.3 is 5.32 Å². The number of halogens is 2. The van der Waals surface area contributed by atoms with E-state index in [1.165, 1.54) is 34.1 Å². The molecule has 0 spiro atoms. The van der Waals surface area contributed by atoms with Crippen LogP contribution in [0.3, 0.4) is 0 Å². The standard InChI is InChI=1S/C17H17Br2N/c1-11-8-15(6-7-17(11)19)20-16-9-13(10-16)12-2-4-14(18)5-3-12/h2-8,13,16,20H,9-10H2,1H3. The fraction of sp³-hybridized carbons (Fsp3) is 0.294. The first-order valence-corrected chi connectivity index (χ1v) is 8.48. The normalized spacial score (nSPS) is 21.4. The van der Waals surface area contributed by atoms with Gasteiger partial charge in [0.2, 0.25) is 0 Å². The maximum absolute atomic E-state index is 3.63. The molecule has 1 aliphatic carbocycles. The summed E-state index contributed by atoms with van der Waals surface area (Å²) in [5.41, 5.74) is 3.96. The highest BCUT2D eigenvalue weighted by Crippen LogP contribution is 2.39. The molecule has 0 saturated heterocycles. The van der Waals surface area contributed by atoms with Crippen molar-refractivity contribution in [2.24, 2.45) is 0 Å². The van der Waals surface area contributed by atoms with E-state index in [-0.39, 0.29) is 0 Å². The van der Waals surface area contributed by atoms with E-state index < -0.39 is 0 Å². The monoisotopic (exact) mass is 393 g/mol. The maximum atomic E-state index is 3.63. The van der Waals surface area contributed by atoms with Crippen LogP contribution in [0.25, 0.3) is 0 Å². The lowest BCUT2D eigenvalue weighted by Crippen LogP contribution is -2.33. The Bertz CT molecular complexity index is 601. The Balaban J connectivity index is 1.58. The van der Waals surface area contributed by atoms with Crippen LogP contribution in [-0.2, 0) is 0 Å². The van der Waals surface area contributed by atoms with Gasteiger partial charge in [0.25, 0.3) is 0 Å². The maximum Gasteiger partial charge on any atom is 0.0345 e. The second-order valence-corrected chi connectivity index (χ2v) is 7.30. The summed E-state index contributed by atoms with van der Waals surface area (Å²) in [5, 5.41) is 3.63. The molecule has 1 aliphatic rings. The van der Waals surface area contributed by atoms with Gasteiger partial charge in [0.05, 0.1) is 0 Å². The zero-order valence-corrected chi connectivity index (χ0v) is 14.5. The van der Waals surface area contributed by atoms with Crippen molar-refractivity contribution in [3.05, 3.63) is 62.5 Å². The molecule has 3 heteroatoms. The van der Waals surface area contributed by atoms with Crippen LogP contribution in [0.5, 0.6) is 0 Å². The summed E-state index contributed by atoms with van der Waals surface area (Å²) in [4.78, 5) is 0. The highest BCUT2D eigenvalue weighted by molar-refractivity contribution is 9.10. The molecule has 0 bridgehead atoms. The third-order valence-electron chi connectivity index (χ3n) is 4.01. The lowest BCUT2D eigenvalue weighted by molar-refractivity contribution is 0.374. The summed E-state index contributed by atoms with van der Waals surface area (Å²) < 4.78 is 2.32. The van der Waals surface area contributed by atoms with Crippen LogP contribution in [0.2, 0.25) is 0 Å². The van der Waals surface area contributed by atoms with Gasteiger partial charge in [-0.1, -0.05) is 44.0 Å². The third kappa shape index (κ3) is 3.09. The highest BCUT2D eigenvalue weighted by atomic mass is 79.9. The zero-order chi connectivity index (χ0) is 14.1. The van der Waals surface area contributed by atoms with Crippen molar-refractivity contribution in [1.29, 1.82) is 0 Å². The molecule has 3 rings (SSSR count). The smallest absolute Gasteiger partial charge is 0.0345 e. The Hall–Kier alpha value is -0.800. The van der Waals surface area contributed by atoms with E-state index in [0.29, 0.717) is 12.0 Å². The lowest BCUT2D eigenvalue weighted by Gasteiger charge is -2.37. The second-order valence-electron chi connectivity index (χ2n) is 5.53. The van der Waals surface area contributed by atoms with Crippen LogP contribution in [0.1, 0.15) is 29.9 Å². The molecule has 0 atom stereocenters. The molecule has 0 amide bonds. The van der Waals surface area contributed by atoms with E-state index >= 15 is 0 Å². The molecule has 1 nitrogen and oxygen atoms in total.